The highest BCUT2D eigenvalue weighted by Gasteiger charge is 2.09. The molecule has 96 valence electrons. The van der Waals surface area contributed by atoms with Gasteiger partial charge in [0.25, 0.3) is 0 Å². The number of thiazole rings is 1. The first-order chi connectivity index (χ1) is 9.38. The summed E-state index contributed by atoms with van der Waals surface area (Å²) in [6, 6.07) is 17.0. The van der Waals surface area contributed by atoms with Crippen molar-refractivity contribution in [3.63, 3.8) is 0 Å². The zero-order chi connectivity index (χ0) is 13.1. The molecule has 0 aliphatic heterocycles. The molecule has 19 heavy (non-hydrogen) atoms. The lowest BCUT2D eigenvalue weighted by atomic mass is 10.0. The van der Waals surface area contributed by atoms with Crippen molar-refractivity contribution >= 4 is 21.6 Å². The molecule has 0 bridgehead atoms. The Labute approximate surface area is 117 Å². The Hall–Kier alpha value is -1.67. The summed E-state index contributed by atoms with van der Waals surface area (Å²) in [5.41, 5.74) is 3.83. The summed E-state index contributed by atoms with van der Waals surface area (Å²) in [7, 11) is 0. The van der Waals surface area contributed by atoms with Crippen molar-refractivity contribution in [1.82, 2.24) is 4.98 Å². The average molecular weight is 267 g/mol. The lowest BCUT2D eigenvalue weighted by molar-refractivity contribution is 0.796. The topological polar surface area (TPSA) is 12.9 Å². The standard InChI is InChI=1S/C17H17NS/c1-2-3-8-13-9-4-5-10-14(13)17-18-15-11-6-7-12-16(15)19-17/h4-7,9-12H,2-3,8H2,1H3. The van der Waals surface area contributed by atoms with Crippen LogP contribution in [-0.2, 0) is 6.42 Å². The van der Waals surface area contributed by atoms with Crippen LogP contribution >= 0.6 is 11.3 Å². The van der Waals surface area contributed by atoms with E-state index < -0.39 is 0 Å². The maximum absolute atomic E-state index is 4.77. The number of benzene rings is 2. The maximum atomic E-state index is 4.77. The zero-order valence-electron chi connectivity index (χ0n) is 11.1. The molecule has 2 aromatic carbocycles. The number of fused-ring (bicyclic) bond motifs is 1. The third kappa shape index (κ3) is 2.54. The number of aryl methyl sites for hydroxylation is 1. The third-order valence-electron chi connectivity index (χ3n) is 3.34. The number of hydrogen-bond acceptors (Lipinski definition) is 2. The minimum atomic E-state index is 1.10. The molecule has 0 atom stereocenters. The maximum Gasteiger partial charge on any atom is 0.124 e. The SMILES string of the molecule is CCCCc1ccccc1-c1nc2ccccc2s1. The van der Waals surface area contributed by atoms with Crippen molar-refractivity contribution in [2.45, 2.75) is 26.2 Å². The molecule has 0 aliphatic rings. The highest BCUT2D eigenvalue weighted by atomic mass is 32.1. The molecule has 2 heteroatoms. The highest BCUT2D eigenvalue weighted by molar-refractivity contribution is 7.21. The van der Waals surface area contributed by atoms with E-state index in [9.17, 15) is 0 Å². The summed E-state index contributed by atoms with van der Waals surface area (Å²) in [5, 5.41) is 1.15. The van der Waals surface area contributed by atoms with Gasteiger partial charge >= 0.3 is 0 Å². The summed E-state index contributed by atoms with van der Waals surface area (Å²) in [4.78, 5) is 4.77. The fourth-order valence-corrected chi connectivity index (χ4v) is 3.33. The molecule has 0 saturated carbocycles. The van der Waals surface area contributed by atoms with Crippen molar-refractivity contribution in [2.24, 2.45) is 0 Å². The lowest BCUT2D eigenvalue weighted by Crippen LogP contribution is -1.89. The van der Waals surface area contributed by atoms with Crippen LogP contribution in [0.2, 0.25) is 0 Å². The van der Waals surface area contributed by atoms with E-state index in [1.54, 1.807) is 11.3 Å². The molecule has 1 heterocycles. The molecule has 0 fully saturated rings. The molecular weight excluding hydrogens is 250 g/mol. The molecule has 3 rings (SSSR count). The molecule has 0 amide bonds. The van der Waals surface area contributed by atoms with Gasteiger partial charge in [0.2, 0.25) is 0 Å². The number of rotatable bonds is 4. The van der Waals surface area contributed by atoms with Gasteiger partial charge in [0.15, 0.2) is 0 Å². The smallest absolute Gasteiger partial charge is 0.124 e. The Bertz CT molecular complexity index is 651. The van der Waals surface area contributed by atoms with Gasteiger partial charge in [-0.05, 0) is 30.5 Å². The van der Waals surface area contributed by atoms with Crippen LogP contribution in [0.25, 0.3) is 20.8 Å². The quantitative estimate of drug-likeness (QED) is 0.624. The second-order valence-corrected chi connectivity index (χ2v) is 5.78. The third-order valence-corrected chi connectivity index (χ3v) is 4.41. The summed E-state index contributed by atoms with van der Waals surface area (Å²) in [5.74, 6) is 0. The van der Waals surface area contributed by atoms with Gasteiger partial charge in [-0.1, -0.05) is 49.7 Å². The highest BCUT2D eigenvalue weighted by Crippen LogP contribution is 2.32. The summed E-state index contributed by atoms with van der Waals surface area (Å²) >= 11 is 1.79. The van der Waals surface area contributed by atoms with E-state index in [2.05, 4.69) is 55.5 Å². The minimum absolute atomic E-state index is 1.10. The van der Waals surface area contributed by atoms with Gasteiger partial charge in [-0.2, -0.15) is 0 Å². The molecule has 0 spiro atoms. The Kier molecular flexibility index (Phi) is 3.60. The predicted octanol–water partition coefficient (Wildman–Crippen LogP) is 5.31. The van der Waals surface area contributed by atoms with Crippen LogP contribution in [-0.4, -0.2) is 4.98 Å². The zero-order valence-corrected chi connectivity index (χ0v) is 11.9. The molecule has 3 aromatic rings. The Balaban J connectivity index is 2.05. The van der Waals surface area contributed by atoms with Crippen molar-refractivity contribution in [3.8, 4) is 10.6 Å². The number of nitrogens with zero attached hydrogens (tertiary/aromatic N) is 1. The van der Waals surface area contributed by atoms with E-state index in [1.807, 2.05) is 0 Å². The molecule has 0 aliphatic carbocycles. The van der Waals surface area contributed by atoms with Crippen LogP contribution in [0.4, 0.5) is 0 Å². The molecule has 1 aromatic heterocycles. The van der Waals surface area contributed by atoms with Gasteiger partial charge < -0.3 is 0 Å². The number of aromatic nitrogens is 1. The van der Waals surface area contributed by atoms with Crippen LogP contribution in [0.15, 0.2) is 48.5 Å². The fraction of sp³-hybridized carbons (Fsp3) is 0.235. The summed E-state index contributed by atoms with van der Waals surface area (Å²) < 4.78 is 1.27. The second-order valence-electron chi connectivity index (χ2n) is 4.75. The van der Waals surface area contributed by atoms with Gasteiger partial charge in [0.1, 0.15) is 5.01 Å². The van der Waals surface area contributed by atoms with Crippen molar-refractivity contribution < 1.29 is 0 Å². The Morgan fingerprint density at radius 1 is 1.00 bits per heavy atom. The Morgan fingerprint density at radius 2 is 1.79 bits per heavy atom. The van der Waals surface area contributed by atoms with Crippen LogP contribution in [0.5, 0.6) is 0 Å². The van der Waals surface area contributed by atoms with Gasteiger partial charge in [0, 0.05) is 5.56 Å². The van der Waals surface area contributed by atoms with Crippen LogP contribution < -0.4 is 0 Å². The second kappa shape index (κ2) is 5.54. The fourth-order valence-electron chi connectivity index (χ4n) is 2.30. The van der Waals surface area contributed by atoms with Crippen LogP contribution in [0.1, 0.15) is 25.3 Å². The van der Waals surface area contributed by atoms with Crippen molar-refractivity contribution in [3.05, 3.63) is 54.1 Å². The molecule has 0 radical (unpaired) electrons. The summed E-state index contributed by atoms with van der Waals surface area (Å²) in [6.07, 6.45) is 3.61. The first-order valence-corrected chi connectivity index (χ1v) is 7.64. The number of para-hydroxylation sites is 1. The molecule has 0 unspecified atom stereocenters. The largest absolute Gasteiger partial charge is 0.236 e. The summed E-state index contributed by atoms with van der Waals surface area (Å²) in [6.45, 7) is 2.24. The number of hydrogen-bond donors (Lipinski definition) is 0. The van der Waals surface area contributed by atoms with E-state index >= 15 is 0 Å². The first kappa shape index (κ1) is 12.4. The first-order valence-electron chi connectivity index (χ1n) is 6.82. The van der Waals surface area contributed by atoms with Gasteiger partial charge in [-0.15, -0.1) is 11.3 Å². The van der Waals surface area contributed by atoms with Gasteiger partial charge in [0.05, 0.1) is 10.2 Å². The van der Waals surface area contributed by atoms with Crippen LogP contribution in [0, 0.1) is 0 Å². The lowest BCUT2D eigenvalue weighted by Gasteiger charge is -2.05. The van der Waals surface area contributed by atoms with Crippen molar-refractivity contribution in [1.29, 1.82) is 0 Å². The molecular formula is C17H17NS. The van der Waals surface area contributed by atoms with E-state index in [1.165, 1.54) is 28.7 Å². The van der Waals surface area contributed by atoms with Crippen molar-refractivity contribution in [2.75, 3.05) is 0 Å². The molecule has 1 nitrogen and oxygen atoms in total. The Morgan fingerprint density at radius 3 is 2.63 bits per heavy atom. The monoisotopic (exact) mass is 267 g/mol. The van der Waals surface area contributed by atoms with Gasteiger partial charge in [-0.25, -0.2) is 4.98 Å². The van der Waals surface area contributed by atoms with E-state index in [-0.39, 0.29) is 0 Å². The molecule has 0 N–H and O–H groups in total. The molecule has 0 saturated heterocycles. The predicted molar refractivity (Wildman–Crippen MR) is 83.7 cm³/mol. The van der Waals surface area contributed by atoms with E-state index in [4.69, 9.17) is 4.98 Å². The average Bonchev–Trinajstić information content (AvgIpc) is 2.89. The van der Waals surface area contributed by atoms with E-state index in [0.717, 1.165) is 16.9 Å². The minimum Gasteiger partial charge on any atom is -0.236 e. The van der Waals surface area contributed by atoms with Crippen LogP contribution in [0.3, 0.4) is 0 Å². The normalized spacial score (nSPS) is 11.0. The van der Waals surface area contributed by atoms with Gasteiger partial charge in [-0.3, -0.25) is 0 Å². The number of unbranched alkanes of at least 4 members (excludes halogenated alkanes) is 1. The van der Waals surface area contributed by atoms with E-state index in [0.29, 0.717) is 0 Å².